The molecule has 0 fully saturated rings. The number of nitrogens with zero attached hydrogens (tertiary/aromatic N) is 1. The summed E-state index contributed by atoms with van der Waals surface area (Å²) >= 11 is 0. The summed E-state index contributed by atoms with van der Waals surface area (Å²) in [5, 5.41) is 10.0. The second kappa shape index (κ2) is 9.87. The molecule has 3 N–H and O–H groups in total. The lowest BCUT2D eigenvalue weighted by atomic mass is 9.63. The molecule has 0 bridgehead atoms. The summed E-state index contributed by atoms with van der Waals surface area (Å²) in [6, 6.07) is 10.3. The highest BCUT2D eigenvalue weighted by molar-refractivity contribution is 7.94. The number of sulfonamides is 2. The molecule has 208 valence electrons. The van der Waals surface area contributed by atoms with Crippen LogP contribution in [0.15, 0.2) is 51.8 Å². The van der Waals surface area contributed by atoms with Crippen LogP contribution in [0.5, 0.6) is 0 Å². The van der Waals surface area contributed by atoms with Gasteiger partial charge in [-0.1, -0.05) is 38.1 Å². The van der Waals surface area contributed by atoms with E-state index >= 15 is 0 Å². The summed E-state index contributed by atoms with van der Waals surface area (Å²) in [5.41, 5.74) is -0.303. The number of fused-ring (bicyclic) bond motifs is 2. The molecule has 0 aromatic heterocycles. The van der Waals surface area contributed by atoms with Crippen molar-refractivity contribution in [2.75, 3.05) is 10.0 Å². The Morgan fingerprint density at radius 1 is 1.15 bits per heavy atom. The summed E-state index contributed by atoms with van der Waals surface area (Å²) < 4.78 is 56.8. The van der Waals surface area contributed by atoms with Gasteiger partial charge < -0.3 is 10.4 Å². The summed E-state index contributed by atoms with van der Waals surface area (Å²) in [6.07, 6.45) is 1.16. The number of amidine groups is 1. The van der Waals surface area contributed by atoms with Crippen molar-refractivity contribution >= 4 is 54.8 Å². The van der Waals surface area contributed by atoms with Gasteiger partial charge in [0.05, 0.1) is 16.8 Å². The number of carbonyl (C=O) groups excluding carboxylic acids is 2. The molecule has 3 unspecified atom stereocenters. The third-order valence-electron chi connectivity index (χ3n) is 7.16. The van der Waals surface area contributed by atoms with E-state index in [-0.39, 0.29) is 17.2 Å². The molecule has 2 aliphatic rings. The molecule has 2 aromatic carbocycles. The second-order valence-corrected chi connectivity index (χ2v) is 14.0. The number of carboxylic acid groups (broad SMARTS) is 1. The highest BCUT2D eigenvalue weighted by atomic mass is 32.2. The van der Waals surface area contributed by atoms with Crippen LogP contribution in [-0.4, -0.2) is 50.6 Å². The number of benzene rings is 2. The molecule has 1 aliphatic carbocycles. The normalized spacial score (nSPS) is 22.8. The third-order valence-corrected chi connectivity index (χ3v) is 10.1. The minimum absolute atomic E-state index is 0.00225. The van der Waals surface area contributed by atoms with Gasteiger partial charge in [-0.05, 0) is 56.4 Å². The largest absolute Gasteiger partial charge is 0.480 e. The Labute approximate surface area is 226 Å². The van der Waals surface area contributed by atoms with Crippen LogP contribution in [-0.2, 0) is 35.1 Å². The molecule has 0 saturated carbocycles. The van der Waals surface area contributed by atoms with Crippen molar-refractivity contribution in [3.8, 4) is 0 Å². The zero-order chi connectivity index (χ0) is 28.9. The first-order chi connectivity index (χ1) is 18.1. The monoisotopic (exact) mass is 575 g/mol. The molecule has 11 nitrogen and oxygen atoms in total. The summed E-state index contributed by atoms with van der Waals surface area (Å²) in [5.74, 6) is -4.10. The number of hydrogen-bond donors (Lipinski definition) is 3. The summed E-state index contributed by atoms with van der Waals surface area (Å²) in [7, 11) is -8.83. The number of aliphatic carboxylic acids is 1. The Bertz CT molecular complexity index is 1630. The molecular formula is C26H29N3O8S2. The van der Waals surface area contributed by atoms with Crippen LogP contribution in [0.2, 0.25) is 0 Å². The second-order valence-electron chi connectivity index (χ2n) is 10.4. The lowest BCUT2D eigenvalue weighted by molar-refractivity contribution is -0.136. The van der Waals surface area contributed by atoms with Crippen LogP contribution in [0.25, 0.3) is 0 Å². The number of carbonyl (C=O) groups is 3. The predicted molar refractivity (Wildman–Crippen MR) is 145 cm³/mol. The fourth-order valence-corrected chi connectivity index (χ4v) is 6.82. The molecule has 1 aliphatic heterocycles. The summed E-state index contributed by atoms with van der Waals surface area (Å²) in [6.45, 7) is 6.79. The van der Waals surface area contributed by atoms with Gasteiger partial charge in [-0.2, -0.15) is 8.42 Å². The van der Waals surface area contributed by atoms with E-state index in [1.54, 1.807) is 31.2 Å². The zero-order valence-electron chi connectivity index (χ0n) is 21.8. The quantitative estimate of drug-likeness (QED) is 0.399. The molecule has 0 spiro atoms. The number of anilines is 2. The van der Waals surface area contributed by atoms with E-state index in [4.69, 9.17) is 5.11 Å². The Balaban J connectivity index is 1.74. The molecule has 13 heteroatoms. The lowest BCUT2D eigenvalue weighted by Crippen LogP contribution is -2.51. The number of rotatable bonds is 8. The van der Waals surface area contributed by atoms with Gasteiger partial charge >= 0.3 is 5.97 Å². The van der Waals surface area contributed by atoms with E-state index in [2.05, 4.69) is 14.4 Å². The molecule has 0 radical (unpaired) electrons. The SMILES string of the molecule is CC(C)CCC1(C)C(=O)C(C2=NS(=O)(=O)c3cc(NS(=O)(=O)C(C)C(=O)O)ccc3N2)C(=O)c2ccccc21. The van der Waals surface area contributed by atoms with E-state index in [0.29, 0.717) is 29.9 Å². The Morgan fingerprint density at radius 2 is 1.82 bits per heavy atom. The van der Waals surface area contributed by atoms with Gasteiger partial charge in [0, 0.05) is 5.56 Å². The highest BCUT2D eigenvalue weighted by Gasteiger charge is 2.51. The van der Waals surface area contributed by atoms with Crippen molar-refractivity contribution in [1.82, 2.24) is 0 Å². The molecule has 3 atom stereocenters. The van der Waals surface area contributed by atoms with Crippen LogP contribution >= 0.6 is 0 Å². The van der Waals surface area contributed by atoms with Crippen molar-refractivity contribution in [3.63, 3.8) is 0 Å². The Hall–Kier alpha value is -3.58. The molecule has 0 amide bonds. The van der Waals surface area contributed by atoms with E-state index in [0.717, 1.165) is 13.0 Å². The van der Waals surface area contributed by atoms with Gasteiger partial charge in [0.25, 0.3) is 10.0 Å². The van der Waals surface area contributed by atoms with Crippen molar-refractivity contribution in [1.29, 1.82) is 0 Å². The van der Waals surface area contributed by atoms with Gasteiger partial charge in [-0.15, -0.1) is 4.40 Å². The number of Topliss-reactive ketones (excluding diaryl/α,β-unsaturated/α-hetero) is 2. The molecule has 0 saturated heterocycles. The number of hydrogen-bond acceptors (Lipinski definition) is 8. The predicted octanol–water partition coefficient (Wildman–Crippen LogP) is 3.19. The van der Waals surface area contributed by atoms with Gasteiger partial charge in [0.2, 0.25) is 10.0 Å². The number of nitrogens with one attached hydrogen (secondary N) is 2. The lowest BCUT2D eigenvalue weighted by Gasteiger charge is -2.39. The van der Waals surface area contributed by atoms with Crippen LogP contribution in [0.3, 0.4) is 0 Å². The van der Waals surface area contributed by atoms with Crippen LogP contribution in [0.1, 0.15) is 56.5 Å². The smallest absolute Gasteiger partial charge is 0.323 e. The van der Waals surface area contributed by atoms with Crippen molar-refractivity contribution in [3.05, 3.63) is 53.6 Å². The van der Waals surface area contributed by atoms with E-state index < -0.39 is 59.1 Å². The van der Waals surface area contributed by atoms with Gasteiger partial charge in [-0.25, -0.2) is 8.42 Å². The van der Waals surface area contributed by atoms with Crippen molar-refractivity contribution in [2.45, 2.75) is 56.1 Å². The average molecular weight is 576 g/mol. The first kappa shape index (κ1) is 28.4. The molecule has 2 aromatic rings. The first-order valence-corrected chi connectivity index (χ1v) is 15.3. The molecule has 39 heavy (non-hydrogen) atoms. The standard InChI is InChI=1S/C26H29N3O8S2/c1-14(2)11-12-26(4)18-8-6-5-7-17(18)22(30)21(23(26)31)24-27-19-10-9-16(13-20(19)39(36,37)29-24)28-38(34,35)15(3)25(32)33/h5-10,13-15,21,28H,11-12H2,1-4H3,(H,27,29)(H,32,33). The maximum atomic E-state index is 13.9. The first-order valence-electron chi connectivity index (χ1n) is 12.3. The van der Waals surface area contributed by atoms with E-state index in [1.807, 2.05) is 13.8 Å². The topological polar surface area (TPSA) is 176 Å². The Morgan fingerprint density at radius 3 is 2.46 bits per heavy atom. The summed E-state index contributed by atoms with van der Waals surface area (Å²) in [4.78, 5) is 38.2. The molecular weight excluding hydrogens is 546 g/mol. The number of ketones is 2. The Kier molecular flexibility index (Phi) is 7.19. The van der Waals surface area contributed by atoms with E-state index in [1.165, 1.54) is 12.1 Å². The molecule has 1 heterocycles. The maximum absolute atomic E-state index is 13.9. The minimum Gasteiger partial charge on any atom is -0.480 e. The average Bonchev–Trinajstić information content (AvgIpc) is 2.86. The molecule has 4 rings (SSSR count). The fraction of sp³-hybridized carbons (Fsp3) is 0.385. The van der Waals surface area contributed by atoms with Gasteiger partial charge in [0.1, 0.15) is 16.6 Å². The fourth-order valence-electron chi connectivity index (χ4n) is 4.74. The van der Waals surface area contributed by atoms with Crippen LogP contribution in [0, 0.1) is 11.8 Å². The zero-order valence-corrected chi connectivity index (χ0v) is 23.4. The van der Waals surface area contributed by atoms with Crippen LogP contribution < -0.4 is 10.0 Å². The van der Waals surface area contributed by atoms with Gasteiger partial charge in [-0.3, -0.25) is 19.1 Å². The van der Waals surface area contributed by atoms with Crippen LogP contribution in [0.4, 0.5) is 11.4 Å². The number of carboxylic acids is 1. The van der Waals surface area contributed by atoms with E-state index in [9.17, 15) is 31.2 Å². The maximum Gasteiger partial charge on any atom is 0.323 e. The minimum atomic E-state index is -4.47. The van der Waals surface area contributed by atoms with Gasteiger partial charge in [0.15, 0.2) is 16.8 Å². The van der Waals surface area contributed by atoms with Crippen molar-refractivity contribution < 1.29 is 36.3 Å². The third kappa shape index (κ3) is 5.08. The highest BCUT2D eigenvalue weighted by Crippen LogP contribution is 2.43. The van der Waals surface area contributed by atoms with Crippen molar-refractivity contribution in [2.24, 2.45) is 16.2 Å².